The predicted octanol–water partition coefficient (Wildman–Crippen LogP) is 3.73. The molecule has 0 heterocycles. The Morgan fingerprint density at radius 1 is 0.941 bits per heavy atom. The Morgan fingerprint density at radius 2 is 1.59 bits per heavy atom. The zero-order chi connectivity index (χ0) is 12.3. The second kappa shape index (κ2) is 4.96. The van der Waals surface area contributed by atoms with E-state index in [2.05, 4.69) is 6.07 Å². The molecule has 0 aliphatic carbocycles. The molecule has 0 saturated carbocycles. The molecule has 2 rings (SSSR count). The van der Waals surface area contributed by atoms with Gasteiger partial charge in [0.25, 0.3) is 0 Å². The van der Waals surface area contributed by atoms with E-state index in [9.17, 15) is 4.79 Å². The highest BCUT2D eigenvalue weighted by Gasteiger charge is 2.06. The van der Waals surface area contributed by atoms with E-state index in [1.807, 2.05) is 56.3 Å². The van der Waals surface area contributed by atoms with Gasteiger partial charge in [-0.15, -0.1) is 0 Å². The normalized spacial score (nSPS) is 10.2. The third-order valence-corrected chi connectivity index (χ3v) is 2.79. The lowest BCUT2D eigenvalue weighted by atomic mass is 10.0. The highest BCUT2D eigenvalue weighted by molar-refractivity contribution is 5.97. The van der Waals surface area contributed by atoms with Gasteiger partial charge < -0.3 is 0 Å². The maximum Gasteiger partial charge on any atom is 0.167 e. The number of benzene rings is 2. The summed E-state index contributed by atoms with van der Waals surface area (Å²) in [5.74, 6) is 0.180. The van der Waals surface area contributed by atoms with Crippen molar-refractivity contribution in [2.24, 2.45) is 0 Å². The Kier molecular flexibility index (Phi) is 3.38. The molecule has 0 spiro atoms. The summed E-state index contributed by atoms with van der Waals surface area (Å²) < 4.78 is 0. The number of Topliss-reactive ketones (excluding diaryl/α,β-unsaturated/α-hetero) is 1. The minimum absolute atomic E-state index is 0.180. The van der Waals surface area contributed by atoms with Crippen molar-refractivity contribution in [2.75, 3.05) is 0 Å². The zero-order valence-corrected chi connectivity index (χ0v) is 10.2. The first kappa shape index (κ1) is 11.6. The number of aryl methyl sites for hydroxylation is 2. The fourth-order valence-corrected chi connectivity index (χ4v) is 1.93. The molecule has 0 N–H and O–H groups in total. The van der Waals surface area contributed by atoms with E-state index in [4.69, 9.17) is 0 Å². The van der Waals surface area contributed by atoms with Gasteiger partial charge in [-0.3, -0.25) is 4.79 Å². The average molecular weight is 224 g/mol. The van der Waals surface area contributed by atoms with Crippen LogP contribution in [0.1, 0.15) is 27.0 Å². The van der Waals surface area contributed by atoms with Gasteiger partial charge >= 0.3 is 0 Å². The first-order chi connectivity index (χ1) is 8.15. The van der Waals surface area contributed by atoms with Crippen LogP contribution in [0.2, 0.25) is 0 Å². The van der Waals surface area contributed by atoms with Crippen molar-refractivity contribution in [3.8, 4) is 0 Å². The van der Waals surface area contributed by atoms with Crippen molar-refractivity contribution in [1.29, 1.82) is 0 Å². The largest absolute Gasteiger partial charge is 0.294 e. The van der Waals surface area contributed by atoms with Crippen LogP contribution in [0.25, 0.3) is 0 Å². The maximum absolute atomic E-state index is 12.1. The molecule has 86 valence electrons. The summed E-state index contributed by atoms with van der Waals surface area (Å²) in [6, 6.07) is 15.9. The fourth-order valence-electron chi connectivity index (χ4n) is 1.93. The molecular formula is C16H16O. The van der Waals surface area contributed by atoms with Crippen LogP contribution in [-0.4, -0.2) is 5.78 Å². The summed E-state index contributed by atoms with van der Waals surface area (Å²) in [7, 11) is 0. The van der Waals surface area contributed by atoms with E-state index in [1.165, 1.54) is 5.56 Å². The molecule has 0 unspecified atom stereocenters. The van der Waals surface area contributed by atoms with Crippen molar-refractivity contribution >= 4 is 5.78 Å². The van der Waals surface area contributed by atoms with Crippen molar-refractivity contribution < 1.29 is 4.79 Å². The van der Waals surface area contributed by atoms with Crippen LogP contribution in [0.3, 0.4) is 0 Å². The summed E-state index contributed by atoms with van der Waals surface area (Å²) in [4.78, 5) is 12.1. The molecule has 0 aliphatic heterocycles. The number of ketones is 1. The lowest BCUT2D eigenvalue weighted by Gasteiger charge is -2.03. The van der Waals surface area contributed by atoms with Crippen molar-refractivity contribution in [3.63, 3.8) is 0 Å². The van der Waals surface area contributed by atoms with Crippen molar-refractivity contribution in [1.82, 2.24) is 0 Å². The highest BCUT2D eigenvalue weighted by atomic mass is 16.1. The standard InChI is InChI=1S/C16H16O/c1-12-5-3-7-14(9-12)11-16(17)15-8-4-6-13(2)10-15/h3-10H,11H2,1-2H3. The minimum Gasteiger partial charge on any atom is -0.294 e. The molecule has 0 bridgehead atoms. The van der Waals surface area contributed by atoms with Crippen LogP contribution in [0.15, 0.2) is 48.5 Å². The van der Waals surface area contributed by atoms with E-state index in [0.717, 1.165) is 16.7 Å². The van der Waals surface area contributed by atoms with Gasteiger partial charge in [0.15, 0.2) is 5.78 Å². The maximum atomic E-state index is 12.1. The molecule has 1 heteroatoms. The summed E-state index contributed by atoms with van der Waals surface area (Å²) in [5.41, 5.74) is 4.20. The lowest BCUT2D eigenvalue weighted by Crippen LogP contribution is -2.03. The van der Waals surface area contributed by atoms with Gasteiger partial charge in [-0.25, -0.2) is 0 Å². The number of carbonyl (C=O) groups is 1. The van der Waals surface area contributed by atoms with Crippen LogP contribution in [0.4, 0.5) is 0 Å². The number of carbonyl (C=O) groups excluding carboxylic acids is 1. The van der Waals surface area contributed by atoms with E-state index < -0.39 is 0 Å². The van der Waals surface area contributed by atoms with Gasteiger partial charge in [-0.2, -0.15) is 0 Å². The summed E-state index contributed by atoms with van der Waals surface area (Å²) in [6.45, 7) is 4.05. The van der Waals surface area contributed by atoms with E-state index in [-0.39, 0.29) is 5.78 Å². The molecule has 0 saturated heterocycles. The molecule has 0 radical (unpaired) electrons. The van der Waals surface area contributed by atoms with Gasteiger partial charge in [0.1, 0.15) is 0 Å². The van der Waals surface area contributed by atoms with Crippen LogP contribution in [0.5, 0.6) is 0 Å². The summed E-state index contributed by atoms with van der Waals surface area (Å²) >= 11 is 0. The Hall–Kier alpha value is -1.89. The third-order valence-electron chi connectivity index (χ3n) is 2.79. The van der Waals surface area contributed by atoms with E-state index >= 15 is 0 Å². The lowest BCUT2D eigenvalue weighted by molar-refractivity contribution is 0.0993. The van der Waals surface area contributed by atoms with Crippen LogP contribution in [-0.2, 0) is 6.42 Å². The second-order valence-electron chi connectivity index (χ2n) is 4.46. The quantitative estimate of drug-likeness (QED) is 0.726. The van der Waals surface area contributed by atoms with Gasteiger partial charge in [0.05, 0.1) is 0 Å². The Morgan fingerprint density at radius 3 is 2.24 bits per heavy atom. The fraction of sp³-hybridized carbons (Fsp3) is 0.188. The smallest absolute Gasteiger partial charge is 0.167 e. The monoisotopic (exact) mass is 224 g/mol. The number of rotatable bonds is 3. The molecule has 0 aliphatic rings. The predicted molar refractivity (Wildman–Crippen MR) is 70.4 cm³/mol. The Balaban J connectivity index is 2.17. The zero-order valence-electron chi connectivity index (χ0n) is 10.2. The minimum atomic E-state index is 0.180. The molecule has 0 fully saturated rings. The van der Waals surface area contributed by atoms with E-state index in [1.54, 1.807) is 0 Å². The molecular weight excluding hydrogens is 208 g/mol. The van der Waals surface area contributed by atoms with Crippen molar-refractivity contribution in [2.45, 2.75) is 20.3 Å². The molecule has 0 atom stereocenters. The van der Waals surface area contributed by atoms with Crippen LogP contribution >= 0.6 is 0 Å². The molecule has 0 aromatic heterocycles. The van der Waals surface area contributed by atoms with Crippen LogP contribution in [0, 0.1) is 13.8 Å². The number of hydrogen-bond acceptors (Lipinski definition) is 1. The van der Waals surface area contributed by atoms with Gasteiger partial charge in [0, 0.05) is 12.0 Å². The topological polar surface area (TPSA) is 17.1 Å². The molecule has 0 amide bonds. The first-order valence-corrected chi connectivity index (χ1v) is 5.80. The summed E-state index contributed by atoms with van der Waals surface area (Å²) in [6.07, 6.45) is 0.477. The molecule has 2 aromatic rings. The first-order valence-electron chi connectivity index (χ1n) is 5.80. The van der Waals surface area contributed by atoms with E-state index in [0.29, 0.717) is 6.42 Å². The molecule has 1 nitrogen and oxygen atoms in total. The van der Waals surface area contributed by atoms with Crippen LogP contribution < -0.4 is 0 Å². The van der Waals surface area contributed by atoms with Crippen molar-refractivity contribution in [3.05, 3.63) is 70.8 Å². The molecule has 2 aromatic carbocycles. The molecule has 17 heavy (non-hydrogen) atoms. The third kappa shape index (κ3) is 3.04. The van der Waals surface area contributed by atoms with Gasteiger partial charge in [-0.05, 0) is 25.5 Å². The Bertz CT molecular complexity index is 541. The SMILES string of the molecule is Cc1cccc(CC(=O)c2cccc(C)c2)c1. The number of hydrogen-bond donors (Lipinski definition) is 0. The second-order valence-corrected chi connectivity index (χ2v) is 4.46. The average Bonchev–Trinajstić information content (AvgIpc) is 2.29. The Labute approximate surface area is 102 Å². The van der Waals surface area contributed by atoms with Gasteiger partial charge in [0.2, 0.25) is 0 Å². The van der Waals surface area contributed by atoms with Gasteiger partial charge in [-0.1, -0.05) is 53.6 Å². The summed E-state index contributed by atoms with van der Waals surface area (Å²) in [5, 5.41) is 0. The highest BCUT2D eigenvalue weighted by Crippen LogP contribution is 2.10.